The third-order valence-electron chi connectivity index (χ3n) is 3.13. The monoisotopic (exact) mass is 452 g/mol. The van der Waals surface area contributed by atoms with Crippen molar-refractivity contribution in [2.75, 3.05) is 18.1 Å². The zero-order valence-electron chi connectivity index (χ0n) is 12.7. The van der Waals surface area contributed by atoms with Crippen LogP contribution < -0.4 is 61.0 Å². The number of phenols is 1. The number of carbonyl (C=O) groups is 1. The number of aromatic hydroxyl groups is 1. The molecule has 8 heteroatoms. The maximum absolute atomic E-state index is 12.7. The van der Waals surface area contributed by atoms with Gasteiger partial charge in [-0.3, -0.25) is 9.78 Å². The van der Waals surface area contributed by atoms with Crippen molar-refractivity contribution in [3.8, 4) is 11.5 Å². The number of phenolic OH excluding ortho intramolecular Hbond substituents is 1. The summed E-state index contributed by atoms with van der Waals surface area (Å²) in [4.78, 5) is 18.4. The fraction of sp³-hybridized carbons (Fsp3) is 0.143. The third kappa shape index (κ3) is 3.58. The predicted molar refractivity (Wildman–Crippen MR) is 86.0 cm³/mol. The fourth-order valence-corrected chi connectivity index (χ4v) is 3.31. The maximum atomic E-state index is 12.7. The number of benzene rings is 1. The van der Waals surface area contributed by atoms with Gasteiger partial charge >= 0.3 is 51.4 Å². The van der Waals surface area contributed by atoms with E-state index in [1.54, 1.807) is 35.5 Å². The number of aromatic nitrogens is 1. The number of halogens is 2. The van der Waals surface area contributed by atoms with Crippen molar-refractivity contribution < 1.29 is 67.4 Å². The van der Waals surface area contributed by atoms with Gasteiger partial charge in [0.15, 0.2) is 0 Å². The second-order valence-corrected chi connectivity index (χ2v) is 6.15. The Morgan fingerprint density at radius 2 is 2.05 bits per heavy atom. The molecule has 1 aliphatic heterocycles. The van der Waals surface area contributed by atoms with Gasteiger partial charge in [0.1, 0.15) is 23.8 Å². The van der Waals surface area contributed by atoms with Crippen LogP contribution in [0.5, 0.6) is 11.5 Å². The molecule has 1 N–H and O–H groups in total. The first-order valence-electron chi connectivity index (χ1n) is 6.14. The summed E-state index contributed by atoms with van der Waals surface area (Å²) < 4.78 is 6.43. The van der Waals surface area contributed by atoms with E-state index in [0.717, 1.165) is 0 Å². The van der Waals surface area contributed by atoms with E-state index in [1.165, 1.54) is 0 Å². The van der Waals surface area contributed by atoms with Gasteiger partial charge in [-0.15, -0.1) is 0 Å². The second-order valence-electron chi connectivity index (χ2n) is 4.44. The summed E-state index contributed by atoms with van der Waals surface area (Å²) in [5.74, 6) is 0.533. The molecule has 110 valence electrons. The van der Waals surface area contributed by atoms with Gasteiger partial charge in [0.2, 0.25) is 0 Å². The first kappa shape index (κ1) is 18.4. The Morgan fingerprint density at radius 1 is 1.36 bits per heavy atom. The zero-order valence-corrected chi connectivity index (χ0v) is 18.0. The van der Waals surface area contributed by atoms with Crippen LogP contribution in [-0.4, -0.2) is 29.1 Å². The van der Waals surface area contributed by atoms with Crippen molar-refractivity contribution in [3.63, 3.8) is 0 Å². The van der Waals surface area contributed by atoms with E-state index >= 15 is 0 Å². The normalized spacial score (nSPS) is 12.9. The minimum Gasteiger partial charge on any atom is -1.00 e. The summed E-state index contributed by atoms with van der Waals surface area (Å²) in [5, 5.41) is 9.73. The number of ether oxygens (including phenoxy) is 1. The van der Waals surface area contributed by atoms with Crippen molar-refractivity contribution >= 4 is 43.5 Å². The van der Waals surface area contributed by atoms with E-state index in [0.29, 0.717) is 39.1 Å². The van der Waals surface area contributed by atoms with Crippen LogP contribution in [0.15, 0.2) is 39.5 Å². The number of carbonyl (C=O) groups excluding carboxylic acids is 1. The van der Waals surface area contributed by atoms with Gasteiger partial charge in [0.25, 0.3) is 5.91 Å². The minimum atomic E-state index is -0.172. The molecular formula is C14H11Br2KN2O3. The van der Waals surface area contributed by atoms with Gasteiger partial charge in [-0.25, -0.2) is 0 Å². The molecule has 0 fully saturated rings. The van der Waals surface area contributed by atoms with Crippen molar-refractivity contribution in [1.82, 2.24) is 4.98 Å². The first-order chi connectivity index (χ1) is 10.1. The van der Waals surface area contributed by atoms with Gasteiger partial charge in [-0.2, -0.15) is 0 Å². The molecule has 1 aromatic heterocycles. The Morgan fingerprint density at radius 3 is 2.73 bits per heavy atom. The SMILES string of the molecule is O=C(c1cc(Br)c(O)c(Br)c1)N1CCOc2ccncc21.[H-].[K+]. The van der Waals surface area contributed by atoms with Crippen LogP contribution in [0.1, 0.15) is 11.8 Å². The number of rotatable bonds is 1. The molecule has 1 amide bonds. The molecular weight excluding hydrogens is 443 g/mol. The number of anilines is 1. The number of nitrogens with zero attached hydrogens (tertiary/aromatic N) is 2. The van der Waals surface area contributed by atoms with Gasteiger partial charge in [-0.05, 0) is 44.0 Å². The molecule has 5 nitrogen and oxygen atoms in total. The van der Waals surface area contributed by atoms with E-state index in [1.807, 2.05) is 0 Å². The Hall–Kier alpha value is 0.0364. The van der Waals surface area contributed by atoms with E-state index in [-0.39, 0.29) is 64.5 Å². The molecule has 0 bridgehead atoms. The minimum absolute atomic E-state index is 0. The molecule has 0 atom stereocenters. The molecule has 2 heterocycles. The van der Waals surface area contributed by atoms with Crippen LogP contribution in [0.25, 0.3) is 0 Å². The fourth-order valence-electron chi connectivity index (χ4n) is 2.12. The second kappa shape index (κ2) is 7.74. The number of fused-ring (bicyclic) bond motifs is 1. The summed E-state index contributed by atoms with van der Waals surface area (Å²) in [6.45, 7) is 0.886. The molecule has 2 aromatic rings. The quantitative estimate of drug-likeness (QED) is 0.637. The summed E-state index contributed by atoms with van der Waals surface area (Å²) in [6, 6.07) is 4.92. The van der Waals surface area contributed by atoms with Crippen molar-refractivity contribution in [1.29, 1.82) is 0 Å². The van der Waals surface area contributed by atoms with Crippen LogP contribution in [0.4, 0.5) is 5.69 Å². The molecule has 0 spiro atoms. The Labute approximate surface area is 188 Å². The van der Waals surface area contributed by atoms with Crippen molar-refractivity contribution in [2.45, 2.75) is 0 Å². The standard InChI is InChI=1S/C14H10Br2N2O3.K.H/c15-9-5-8(6-10(16)13(9)19)14(20)18-3-4-21-12-1-2-17-7-11(12)18;;/h1-2,5-7,19H,3-4H2;;/q;+1;-1. The molecule has 1 aromatic carbocycles. The average molecular weight is 454 g/mol. The summed E-state index contributed by atoms with van der Waals surface area (Å²) >= 11 is 6.47. The molecule has 1 aliphatic rings. The molecule has 3 rings (SSSR count). The van der Waals surface area contributed by atoms with E-state index in [2.05, 4.69) is 36.8 Å². The maximum Gasteiger partial charge on any atom is 1.00 e. The number of pyridine rings is 1. The van der Waals surface area contributed by atoms with E-state index < -0.39 is 0 Å². The Balaban J connectivity index is 0.00000132. The molecule has 0 saturated carbocycles. The topological polar surface area (TPSA) is 62.7 Å². The van der Waals surface area contributed by atoms with E-state index in [9.17, 15) is 9.90 Å². The number of hydrogen-bond acceptors (Lipinski definition) is 4. The first-order valence-corrected chi connectivity index (χ1v) is 7.73. The van der Waals surface area contributed by atoms with Crippen molar-refractivity contribution in [3.05, 3.63) is 45.1 Å². The molecule has 0 saturated heterocycles. The largest absolute Gasteiger partial charge is 1.00 e. The summed E-state index contributed by atoms with van der Waals surface area (Å²) in [7, 11) is 0. The third-order valence-corrected chi connectivity index (χ3v) is 4.34. The van der Waals surface area contributed by atoms with Crippen LogP contribution in [0, 0.1) is 0 Å². The number of amides is 1. The van der Waals surface area contributed by atoms with Crippen LogP contribution in [0.3, 0.4) is 0 Å². The summed E-state index contributed by atoms with van der Waals surface area (Å²) in [6.07, 6.45) is 3.23. The molecule has 0 aliphatic carbocycles. The molecule has 0 radical (unpaired) electrons. The van der Waals surface area contributed by atoms with Crippen molar-refractivity contribution in [2.24, 2.45) is 0 Å². The van der Waals surface area contributed by atoms with Crippen LogP contribution in [0.2, 0.25) is 0 Å². The summed E-state index contributed by atoms with van der Waals surface area (Å²) in [5.41, 5.74) is 1.11. The van der Waals surface area contributed by atoms with Gasteiger partial charge < -0.3 is 16.2 Å². The average Bonchev–Trinajstić information content (AvgIpc) is 2.51. The van der Waals surface area contributed by atoms with Crippen LogP contribution in [-0.2, 0) is 0 Å². The Bertz CT molecular complexity index is 710. The van der Waals surface area contributed by atoms with Gasteiger partial charge in [0.05, 0.1) is 21.7 Å². The molecule has 0 unspecified atom stereocenters. The number of hydrogen-bond donors (Lipinski definition) is 1. The Kier molecular flexibility index (Phi) is 6.46. The predicted octanol–water partition coefficient (Wildman–Crippen LogP) is 0.468. The zero-order chi connectivity index (χ0) is 15.0. The van der Waals surface area contributed by atoms with Gasteiger partial charge in [0, 0.05) is 17.8 Å². The van der Waals surface area contributed by atoms with Crippen LogP contribution >= 0.6 is 31.9 Å². The molecule has 22 heavy (non-hydrogen) atoms. The van der Waals surface area contributed by atoms with E-state index in [4.69, 9.17) is 4.74 Å². The van der Waals surface area contributed by atoms with Gasteiger partial charge in [-0.1, -0.05) is 0 Å². The smallest absolute Gasteiger partial charge is 1.00 e.